The van der Waals surface area contributed by atoms with Crippen LogP contribution in [0.4, 0.5) is 0 Å². The van der Waals surface area contributed by atoms with Crippen molar-refractivity contribution < 1.29 is 9.15 Å². The highest BCUT2D eigenvalue weighted by Crippen LogP contribution is 2.22. The maximum Gasteiger partial charge on any atom is 0.180 e. The minimum absolute atomic E-state index is 0.336. The van der Waals surface area contributed by atoms with Gasteiger partial charge < -0.3 is 9.15 Å². The Balaban J connectivity index is 1.85. The molecule has 3 rings (SSSR count). The molecule has 3 heterocycles. The molecule has 0 radical (unpaired) electrons. The fraction of sp³-hybridized carbons (Fsp3) is 0.0833. The van der Waals surface area contributed by atoms with Gasteiger partial charge in [0.2, 0.25) is 0 Å². The van der Waals surface area contributed by atoms with Gasteiger partial charge >= 0.3 is 0 Å². The molecule has 0 aliphatic rings. The van der Waals surface area contributed by atoms with Crippen LogP contribution < -0.4 is 4.74 Å². The molecule has 0 aliphatic carbocycles. The first-order valence-electron chi connectivity index (χ1n) is 5.23. The van der Waals surface area contributed by atoms with Crippen molar-refractivity contribution in [1.82, 2.24) is 15.0 Å². The zero-order chi connectivity index (χ0) is 12.4. The number of ether oxygens (including phenoxy) is 1. The van der Waals surface area contributed by atoms with Crippen LogP contribution in [0.5, 0.6) is 5.75 Å². The number of aromatic nitrogens is 3. The van der Waals surface area contributed by atoms with Gasteiger partial charge in [-0.3, -0.25) is 0 Å². The minimum atomic E-state index is 0.336. The summed E-state index contributed by atoms with van der Waals surface area (Å²) in [6, 6.07) is 3.69. The van der Waals surface area contributed by atoms with Crippen molar-refractivity contribution in [3.63, 3.8) is 0 Å². The van der Waals surface area contributed by atoms with Crippen molar-refractivity contribution >= 4 is 22.5 Å². The lowest BCUT2D eigenvalue weighted by molar-refractivity contribution is 0.300. The second kappa shape index (κ2) is 4.62. The molecule has 0 atom stereocenters. The van der Waals surface area contributed by atoms with Crippen molar-refractivity contribution in [3.05, 3.63) is 48.0 Å². The third-order valence-corrected chi connectivity index (χ3v) is 2.68. The molecule has 3 aromatic heterocycles. The molecule has 90 valence electrons. The Morgan fingerprint density at radius 2 is 2.22 bits per heavy atom. The summed E-state index contributed by atoms with van der Waals surface area (Å²) in [5.41, 5.74) is 1.39. The summed E-state index contributed by atoms with van der Waals surface area (Å²) in [6.07, 6.45) is 6.14. The number of hydrogen-bond donors (Lipinski definition) is 0. The van der Waals surface area contributed by atoms with Crippen molar-refractivity contribution in [2.45, 2.75) is 6.61 Å². The highest BCUT2D eigenvalue weighted by Gasteiger charge is 2.04. The molecule has 5 nitrogen and oxygen atoms in total. The summed E-state index contributed by atoms with van der Waals surface area (Å²) in [6.45, 7) is 0.336. The Morgan fingerprint density at radius 3 is 3.06 bits per heavy atom. The molecule has 0 aliphatic heterocycles. The normalized spacial score (nSPS) is 10.7. The number of hydrogen-bond acceptors (Lipinski definition) is 5. The molecule has 0 bridgehead atoms. The third kappa shape index (κ3) is 2.12. The van der Waals surface area contributed by atoms with Gasteiger partial charge in [0.15, 0.2) is 11.5 Å². The third-order valence-electron chi connectivity index (χ3n) is 2.40. The van der Waals surface area contributed by atoms with E-state index in [0.717, 1.165) is 11.1 Å². The van der Waals surface area contributed by atoms with Gasteiger partial charge in [0.05, 0.1) is 6.20 Å². The lowest BCUT2D eigenvalue weighted by atomic mass is 10.2. The Kier molecular flexibility index (Phi) is 2.82. The zero-order valence-electron chi connectivity index (χ0n) is 9.21. The van der Waals surface area contributed by atoms with Crippen LogP contribution in [0.2, 0.25) is 5.15 Å². The van der Waals surface area contributed by atoms with E-state index < -0.39 is 0 Å². The maximum atomic E-state index is 5.93. The average Bonchev–Trinajstić information content (AvgIpc) is 2.90. The molecule has 0 spiro atoms. The molecular formula is C12H8ClN3O2. The topological polar surface area (TPSA) is 61.0 Å². The SMILES string of the molecule is Clc1nccc2cc(OCc3cocn3)cnc12. The summed E-state index contributed by atoms with van der Waals surface area (Å²) in [5, 5.41) is 1.27. The van der Waals surface area contributed by atoms with Gasteiger partial charge in [-0.05, 0) is 12.1 Å². The highest BCUT2D eigenvalue weighted by molar-refractivity contribution is 6.33. The number of fused-ring (bicyclic) bond motifs is 1. The predicted molar refractivity (Wildman–Crippen MR) is 65.4 cm³/mol. The number of pyridine rings is 2. The van der Waals surface area contributed by atoms with E-state index in [9.17, 15) is 0 Å². The fourth-order valence-corrected chi connectivity index (χ4v) is 1.76. The molecule has 0 saturated heterocycles. The minimum Gasteiger partial charge on any atom is -0.486 e. The van der Waals surface area contributed by atoms with Gasteiger partial charge in [-0.15, -0.1) is 0 Å². The Hall–Kier alpha value is -2.14. The molecule has 0 unspecified atom stereocenters. The maximum absolute atomic E-state index is 5.93. The zero-order valence-corrected chi connectivity index (χ0v) is 9.96. The van der Waals surface area contributed by atoms with Crippen LogP contribution in [0.3, 0.4) is 0 Å². The number of nitrogens with zero attached hydrogens (tertiary/aromatic N) is 3. The fourth-order valence-electron chi connectivity index (χ4n) is 1.55. The van der Waals surface area contributed by atoms with Gasteiger partial charge in [0.25, 0.3) is 0 Å². The number of halogens is 1. The second-order valence-electron chi connectivity index (χ2n) is 3.61. The monoisotopic (exact) mass is 261 g/mol. The van der Waals surface area contributed by atoms with Crippen LogP contribution in [0, 0.1) is 0 Å². The first kappa shape index (κ1) is 11.0. The van der Waals surface area contributed by atoms with Crippen LogP contribution >= 0.6 is 11.6 Å². The number of rotatable bonds is 3. The van der Waals surface area contributed by atoms with E-state index in [1.54, 1.807) is 12.4 Å². The molecule has 0 aromatic carbocycles. The van der Waals surface area contributed by atoms with Crippen molar-refractivity contribution in [3.8, 4) is 5.75 Å². The van der Waals surface area contributed by atoms with Crippen LogP contribution in [-0.4, -0.2) is 15.0 Å². The van der Waals surface area contributed by atoms with Crippen molar-refractivity contribution in [1.29, 1.82) is 0 Å². The summed E-state index contributed by atoms with van der Waals surface area (Å²) in [5.74, 6) is 0.646. The Morgan fingerprint density at radius 1 is 1.28 bits per heavy atom. The van der Waals surface area contributed by atoms with Gasteiger partial charge in [0, 0.05) is 11.6 Å². The van der Waals surface area contributed by atoms with Gasteiger partial charge in [0.1, 0.15) is 29.8 Å². The van der Waals surface area contributed by atoms with E-state index in [1.807, 2.05) is 12.1 Å². The lowest BCUT2D eigenvalue weighted by Gasteiger charge is -2.05. The summed E-state index contributed by atoms with van der Waals surface area (Å²) in [4.78, 5) is 12.1. The highest BCUT2D eigenvalue weighted by atomic mass is 35.5. The predicted octanol–water partition coefficient (Wildman–Crippen LogP) is 2.85. The van der Waals surface area contributed by atoms with Crippen LogP contribution in [-0.2, 0) is 6.61 Å². The molecule has 3 aromatic rings. The quantitative estimate of drug-likeness (QED) is 0.679. The summed E-state index contributed by atoms with van der Waals surface area (Å²) >= 11 is 5.93. The van der Waals surface area contributed by atoms with Gasteiger partial charge in [-0.2, -0.15) is 0 Å². The van der Waals surface area contributed by atoms with E-state index in [0.29, 0.717) is 23.0 Å². The van der Waals surface area contributed by atoms with Crippen molar-refractivity contribution in [2.24, 2.45) is 0 Å². The van der Waals surface area contributed by atoms with Crippen LogP contribution in [0.25, 0.3) is 10.9 Å². The van der Waals surface area contributed by atoms with E-state index in [2.05, 4.69) is 15.0 Å². The Labute approximate surface area is 107 Å². The molecule has 18 heavy (non-hydrogen) atoms. The second-order valence-corrected chi connectivity index (χ2v) is 3.97. The van der Waals surface area contributed by atoms with Crippen LogP contribution in [0.1, 0.15) is 5.69 Å². The standard InChI is InChI=1S/C12H8ClN3O2/c13-12-11-8(1-2-14-12)3-10(4-15-11)18-6-9-5-17-7-16-9/h1-5,7H,6H2. The molecule has 0 saturated carbocycles. The number of oxazole rings is 1. The first-order valence-corrected chi connectivity index (χ1v) is 5.61. The average molecular weight is 262 g/mol. The van der Waals surface area contributed by atoms with E-state index in [1.165, 1.54) is 12.7 Å². The van der Waals surface area contributed by atoms with Gasteiger partial charge in [-0.25, -0.2) is 15.0 Å². The molecular weight excluding hydrogens is 254 g/mol. The largest absolute Gasteiger partial charge is 0.486 e. The molecule has 6 heteroatoms. The Bertz CT molecular complexity index is 670. The van der Waals surface area contributed by atoms with Crippen LogP contribution in [0.15, 0.2) is 41.6 Å². The lowest BCUT2D eigenvalue weighted by Crippen LogP contribution is -1.96. The van der Waals surface area contributed by atoms with Crippen molar-refractivity contribution in [2.75, 3.05) is 0 Å². The smallest absolute Gasteiger partial charge is 0.180 e. The summed E-state index contributed by atoms with van der Waals surface area (Å²) in [7, 11) is 0. The van der Waals surface area contributed by atoms with E-state index in [4.69, 9.17) is 20.8 Å². The molecule has 0 amide bonds. The molecule has 0 N–H and O–H groups in total. The van der Waals surface area contributed by atoms with Gasteiger partial charge in [-0.1, -0.05) is 11.6 Å². The molecule has 0 fully saturated rings. The summed E-state index contributed by atoms with van der Waals surface area (Å²) < 4.78 is 10.4. The van der Waals surface area contributed by atoms with E-state index in [-0.39, 0.29) is 0 Å². The van der Waals surface area contributed by atoms with E-state index >= 15 is 0 Å². The first-order chi connectivity index (χ1) is 8.83.